The molecule has 0 radical (unpaired) electrons. The van der Waals surface area contributed by atoms with Crippen LogP contribution in [0.25, 0.3) is 0 Å². The highest BCUT2D eigenvalue weighted by atomic mass is 16.7. The van der Waals surface area contributed by atoms with Gasteiger partial charge in [0.15, 0.2) is 11.5 Å². The van der Waals surface area contributed by atoms with E-state index < -0.39 is 0 Å². The summed E-state index contributed by atoms with van der Waals surface area (Å²) >= 11 is 0. The fraction of sp³-hybridized carbons (Fsp3) is 0.409. The highest BCUT2D eigenvalue weighted by Crippen LogP contribution is 2.33. The van der Waals surface area contributed by atoms with E-state index in [2.05, 4.69) is 16.3 Å². The molecule has 4 rings (SSSR count). The van der Waals surface area contributed by atoms with Crippen molar-refractivity contribution in [2.75, 3.05) is 33.5 Å². The Morgan fingerprint density at radius 1 is 1.11 bits per heavy atom. The van der Waals surface area contributed by atoms with E-state index in [-0.39, 0.29) is 18.7 Å². The van der Waals surface area contributed by atoms with Crippen molar-refractivity contribution in [3.8, 4) is 17.2 Å². The number of likely N-dealkylation sites (tertiary alicyclic amines) is 1. The Kier molecular flexibility index (Phi) is 5.67. The number of nitrogens with zero attached hydrogens (tertiary/aromatic N) is 1. The van der Waals surface area contributed by atoms with Crippen LogP contribution >= 0.6 is 0 Å². The van der Waals surface area contributed by atoms with Crippen molar-refractivity contribution in [2.24, 2.45) is 0 Å². The molecule has 2 aromatic carbocycles. The SMILES string of the molecule is COc1ccccc1C(CNC(=O)c1ccc2c(c1)OCO2)N1CCCCC1. The first-order valence-electron chi connectivity index (χ1n) is 9.81. The normalized spacial score (nSPS) is 17.2. The molecule has 1 saturated heterocycles. The lowest BCUT2D eigenvalue weighted by atomic mass is 10.0. The predicted molar refractivity (Wildman–Crippen MR) is 106 cm³/mol. The zero-order chi connectivity index (χ0) is 19.3. The molecule has 0 aliphatic carbocycles. The highest BCUT2D eigenvalue weighted by Gasteiger charge is 2.26. The van der Waals surface area contributed by atoms with Crippen molar-refractivity contribution < 1.29 is 19.0 Å². The molecule has 2 aliphatic rings. The van der Waals surface area contributed by atoms with Crippen LogP contribution in [0.1, 0.15) is 41.2 Å². The van der Waals surface area contributed by atoms with Gasteiger partial charge in [-0.05, 0) is 50.2 Å². The molecule has 2 aromatic rings. The van der Waals surface area contributed by atoms with Crippen LogP contribution in [0.15, 0.2) is 42.5 Å². The average Bonchev–Trinajstić information content (AvgIpc) is 3.22. The fourth-order valence-electron chi connectivity index (χ4n) is 3.94. The molecule has 1 amide bonds. The molecule has 1 atom stereocenters. The van der Waals surface area contributed by atoms with Gasteiger partial charge in [-0.3, -0.25) is 9.69 Å². The van der Waals surface area contributed by atoms with E-state index in [1.54, 1.807) is 25.3 Å². The van der Waals surface area contributed by atoms with E-state index >= 15 is 0 Å². The summed E-state index contributed by atoms with van der Waals surface area (Å²) in [6, 6.07) is 13.4. The van der Waals surface area contributed by atoms with E-state index in [0.717, 1.165) is 24.4 Å². The minimum absolute atomic E-state index is 0.0782. The van der Waals surface area contributed by atoms with Crippen molar-refractivity contribution in [3.63, 3.8) is 0 Å². The predicted octanol–water partition coefficient (Wildman–Crippen LogP) is 3.38. The summed E-state index contributed by atoms with van der Waals surface area (Å²) in [5, 5.41) is 3.10. The molecule has 1 fully saturated rings. The van der Waals surface area contributed by atoms with Crippen LogP contribution < -0.4 is 19.5 Å². The summed E-state index contributed by atoms with van der Waals surface area (Å²) in [4.78, 5) is 15.2. The van der Waals surface area contributed by atoms with Crippen LogP contribution in [0.2, 0.25) is 0 Å². The van der Waals surface area contributed by atoms with Gasteiger partial charge in [0.05, 0.1) is 13.2 Å². The lowest BCUT2D eigenvalue weighted by Crippen LogP contribution is -2.40. The van der Waals surface area contributed by atoms with Gasteiger partial charge >= 0.3 is 0 Å². The molecule has 0 spiro atoms. The van der Waals surface area contributed by atoms with Crippen molar-refractivity contribution in [1.29, 1.82) is 0 Å². The Labute approximate surface area is 165 Å². The number of ether oxygens (including phenoxy) is 3. The number of carbonyl (C=O) groups is 1. The number of hydrogen-bond donors (Lipinski definition) is 1. The second kappa shape index (κ2) is 8.52. The second-order valence-electron chi connectivity index (χ2n) is 7.13. The Morgan fingerprint density at radius 2 is 1.89 bits per heavy atom. The van der Waals surface area contributed by atoms with Gasteiger partial charge in [-0.25, -0.2) is 0 Å². The average molecular weight is 382 g/mol. The number of methoxy groups -OCH3 is 1. The fourth-order valence-corrected chi connectivity index (χ4v) is 3.94. The van der Waals surface area contributed by atoms with Crippen molar-refractivity contribution >= 4 is 5.91 Å². The number of hydrogen-bond acceptors (Lipinski definition) is 5. The number of amides is 1. The maximum atomic E-state index is 12.8. The van der Waals surface area contributed by atoms with Gasteiger partial charge in [-0.1, -0.05) is 24.6 Å². The minimum Gasteiger partial charge on any atom is -0.496 e. The zero-order valence-electron chi connectivity index (χ0n) is 16.1. The third-order valence-corrected chi connectivity index (χ3v) is 5.42. The molecule has 0 saturated carbocycles. The maximum absolute atomic E-state index is 12.8. The lowest BCUT2D eigenvalue weighted by Gasteiger charge is -2.35. The van der Waals surface area contributed by atoms with Gasteiger partial charge < -0.3 is 19.5 Å². The number of nitrogens with one attached hydrogen (secondary N) is 1. The van der Waals surface area contributed by atoms with Crippen LogP contribution in [-0.4, -0.2) is 44.3 Å². The molecule has 2 aliphatic heterocycles. The smallest absolute Gasteiger partial charge is 0.251 e. The Balaban J connectivity index is 1.51. The molecule has 6 nitrogen and oxygen atoms in total. The minimum atomic E-state index is -0.116. The number of carbonyl (C=O) groups excluding carboxylic acids is 1. The Morgan fingerprint density at radius 3 is 2.71 bits per heavy atom. The van der Waals surface area contributed by atoms with E-state index in [9.17, 15) is 4.79 Å². The molecule has 1 unspecified atom stereocenters. The van der Waals surface area contributed by atoms with E-state index in [4.69, 9.17) is 14.2 Å². The monoisotopic (exact) mass is 382 g/mol. The largest absolute Gasteiger partial charge is 0.496 e. The van der Waals surface area contributed by atoms with Gasteiger partial charge in [0.2, 0.25) is 6.79 Å². The van der Waals surface area contributed by atoms with E-state index in [1.165, 1.54) is 19.3 Å². The standard InChI is InChI=1S/C22H26N2O4/c1-26-19-8-4-3-7-17(19)18(24-11-5-2-6-12-24)14-23-22(25)16-9-10-20-21(13-16)28-15-27-20/h3-4,7-10,13,18H,2,5-6,11-12,14-15H2,1H3,(H,23,25). The first kappa shape index (κ1) is 18.6. The number of piperidine rings is 1. The van der Waals surface area contributed by atoms with Gasteiger partial charge in [0, 0.05) is 17.7 Å². The van der Waals surface area contributed by atoms with E-state index in [1.807, 2.05) is 18.2 Å². The molecular weight excluding hydrogens is 356 g/mol. The number of benzene rings is 2. The summed E-state index contributed by atoms with van der Waals surface area (Å²) in [6.45, 7) is 2.78. The van der Waals surface area contributed by atoms with Crippen molar-refractivity contribution in [2.45, 2.75) is 25.3 Å². The van der Waals surface area contributed by atoms with Crippen molar-refractivity contribution in [3.05, 3.63) is 53.6 Å². The summed E-state index contributed by atoms with van der Waals surface area (Å²) in [5.74, 6) is 2.03. The third kappa shape index (κ3) is 3.92. The van der Waals surface area contributed by atoms with Gasteiger partial charge in [0.1, 0.15) is 5.75 Å². The molecule has 6 heteroatoms. The highest BCUT2D eigenvalue weighted by molar-refractivity contribution is 5.95. The molecule has 1 N–H and O–H groups in total. The van der Waals surface area contributed by atoms with Crippen LogP contribution in [0.4, 0.5) is 0 Å². The first-order valence-corrected chi connectivity index (χ1v) is 9.81. The Hall–Kier alpha value is -2.73. The maximum Gasteiger partial charge on any atom is 0.251 e. The summed E-state index contributed by atoms with van der Waals surface area (Å²) in [6.07, 6.45) is 3.63. The molecular formula is C22H26N2O4. The zero-order valence-corrected chi connectivity index (χ0v) is 16.1. The summed E-state index contributed by atoms with van der Waals surface area (Å²) < 4.78 is 16.3. The van der Waals surface area contributed by atoms with Gasteiger partial charge in [0.25, 0.3) is 5.91 Å². The van der Waals surface area contributed by atoms with Crippen LogP contribution in [0.3, 0.4) is 0 Å². The summed E-state index contributed by atoms with van der Waals surface area (Å²) in [5.41, 5.74) is 1.68. The van der Waals surface area contributed by atoms with Crippen molar-refractivity contribution in [1.82, 2.24) is 10.2 Å². The Bertz CT molecular complexity index is 833. The lowest BCUT2D eigenvalue weighted by molar-refractivity contribution is 0.0922. The van der Waals surface area contributed by atoms with Crippen LogP contribution in [-0.2, 0) is 0 Å². The molecule has 2 heterocycles. The molecule has 28 heavy (non-hydrogen) atoms. The van der Waals surface area contributed by atoms with E-state index in [0.29, 0.717) is 23.6 Å². The molecule has 0 aromatic heterocycles. The number of para-hydroxylation sites is 1. The van der Waals surface area contributed by atoms with Gasteiger partial charge in [-0.2, -0.15) is 0 Å². The van der Waals surface area contributed by atoms with Crippen LogP contribution in [0, 0.1) is 0 Å². The quantitative estimate of drug-likeness (QED) is 0.830. The summed E-state index contributed by atoms with van der Waals surface area (Å²) in [7, 11) is 1.69. The van der Waals surface area contributed by atoms with Gasteiger partial charge in [-0.15, -0.1) is 0 Å². The third-order valence-electron chi connectivity index (χ3n) is 5.42. The molecule has 0 bridgehead atoms. The first-order chi connectivity index (χ1) is 13.8. The number of rotatable bonds is 6. The van der Waals surface area contributed by atoms with Crippen LogP contribution in [0.5, 0.6) is 17.2 Å². The second-order valence-corrected chi connectivity index (χ2v) is 7.13. The molecule has 148 valence electrons. The topological polar surface area (TPSA) is 60.0 Å². The number of fused-ring (bicyclic) bond motifs is 1.